The molecule has 134 valence electrons. The minimum Gasteiger partial charge on any atom is -0.347 e. The fourth-order valence-electron chi connectivity index (χ4n) is 3.35. The summed E-state index contributed by atoms with van der Waals surface area (Å²) in [5, 5.41) is 0.656. The maximum Gasteiger partial charge on any atom is 0.134 e. The zero-order chi connectivity index (χ0) is 18.3. The van der Waals surface area contributed by atoms with Crippen molar-refractivity contribution < 1.29 is 8.78 Å². The first-order chi connectivity index (χ1) is 12.6. The summed E-state index contributed by atoms with van der Waals surface area (Å²) in [4.78, 5) is 11.0. The number of nitrogens with zero attached hydrogens (tertiary/aromatic N) is 4. The Hall–Kier alpha value is -2.47. The van der Waals surface area contributed by atoms with E-state index >= 15 is 0 Å². The number of aryl methyl sites for hydroxylation is 1. The molecular weight excluding hydrogens is 358 g/mol. The van der Waals surface area contributed by atoms with Gasteiger partial charge in [-0.2, -0.15) is 0 Å². The van der Waals surface area contributed by atoms with Crippen molar-refractivity contribution in [1.29, 1.82) is 0 Å². The van der Waals surface area contributed by atoms with Crippen LogP contribution in [0.2, 0.25) is 5.02 Å². The lowest BCUT2D eigenvalue weighted by atomic mass is 10.1. The molecule has 0 amide bonds. The van der Waals surface area contributed by atoms with Gasteiger partial charge in [-0.15, -0.1) is 0 Å². The van der Waals surface area contributed by atoms with Crippen molar-refractivity contribution in [2.45, 2.75) is 20.0 Å². The third-order valence-corrected chi connectivity index (χ3v) is 4.77. The largest absolute Gasteiger partial charge is 0.347 e. The second kappa shape index (κ2) is 6.68. The SMILES string of the molecule is CCn1c(CN2CCN=C2c2cc(F)ccc2F)nc2ccc(Cl)cc21. The average molecular weight is 375 g/mol. The van der Waals surface area contributed by atoms with Gasteiger partial charge in [0, 0.05) is 18.1 Å². The van der Waals surface area contributed by atoms with Gasteiger partial charge in [0.1, 0.15) is 23.3 Å². The van der Waals surface area contributed by atoms with Gasteiger partial charge in [-0.1, -0.05) is 11.6 Å². The van der Waals surface area contributed by atoms with Crippen LogP contribution < -0.4 is 0 Å². The van der Waals surface area contributed by atoms with Crippen LogP contribution in [0.15, 0.2) is 41.4 Å². The molecule has 4 nitrogen and oxygen atoms in total. The van der Waals surface area contributed by atoms with Crippen LogP contribution in [0.3, 0.4) is 0 Å². The zero-order valence-electron chi connectivity index (χ0n) is 14.2. The van der Waals surface area contributed by atoms with E-state index in [0.717, 1.165) is 35.5 Å². The third-order valence-electron chi connectivity index (χ3n) is 4.54. The van der Waals surface area contributed by atoms with Gasteiger partial charge in [0.25, 0.3) is 0 Å². The average Bonchev–Trinajstić information content (AvgIpc) is 3.21. The van der Waals surface area contributed by atoms with Gasteiger partial charge in [-0.05, 0) is 43.3 Å². The van der Waals surface area contributed by atoms with Gasteiger partial charge in [0.2, 0.25) is 0 Å². The number of amidine groups is 1. The molecule has 4 rings (SSSR count). The number of halogens is 3. The maximum absolute atomic E-state index is 14.2. The van der Waals surface area contributed by atoms with E-state index < -0.39 is 11.6 Å². The lowest BCUT2D eigenvalue weighted by Crippen LogP contribution is -2.30. The summed E-state index contributed by atoms with van der Waals surface area (Å²) in [7, 11) is 0. The molecule has 1 aromatic heterocycles. The first kappa shape index (κ1) is 17.0. The number of imidazole rings is 1. The maximum atomic E-state index is 14.2. The molecule has 0 unspecified atom stereocenters. The summed E-state index contributed by atoms with van der Waals surface area (Å²) in [6.07, 6.45) is 0. The number of fused-ring (bicyclic) bond motifs is 1. The Balaban J connectivity index is 1.70. The predicted octanol–water partition coefficient (Wildman–Crippen LogP) is 4.25. The summed E-state index contributed by atoms with van der Waals surface area (Å²) >= 11 is 6.11. The van der Waals surface area contributed by atoms with Crippen LogP contribution in [-0.2, 0) is 13.1 Å². The monoisotopic (exact) mass is 374 g/mol. The molecule has 0 atom stereocenters. The van der Waals surface area contributed by atoms with Crippen LogP contribution in [0.25, 0.3) is 11.0 Å². The first-order valence-electron chi connectivity index (χ1n) is 8.46. The minimum absolute atomic E-state index is 0.185. The summed E-state index contributed by atoms with van der Waals surface area (Å²) in [6, 6.07) is 9.02. The molecule has 0 radical (unpaired) electrons. The molecule has 7 heteroatoms. The van der Waals surface area contributed by atoms with Crippen LogP contribution in [0.5, 0.6) is 0 Å². The molecule has 3 aromatic rings. The van der Waals surface area contributed by atoms with Crippen LogP contribution in [0.4, 0.5) is 8.78 Å². The highest BCUT2D eigenvalue weighted by molar-refractivity contribution is 6.31. The van der Waals surface area contributed by atoms with Crippen molar-refractivity contribution in [3.05, 3.63) is 64.4 Å². The minimum atomic E-state index is -0.480. The highest BCUT2D eigenvalue weighted by Gasteiger charge is 2.24. The third kappa shape index (κ3) is 2.94. The van der Waals surface area contributed by atoms with Crippen LogP contribution in [0, 0.1) is 11.6 Å². The van der Waals surface area contributed by atoms with E-state index in [1.807, 2.05) is 30.0 Å². The van der Waals surface area contributed by atoms with Crippen molar-refractivity contribution >= 4 is 28.5 Å². The highest BCUT2D eigenvalue weighted by atomic mass is 35.5. The summed E-state index contributed by atoms with van der Waals surface area (Å²) < 4.78 is 29.8. The van der Waals surface area contributed by atoms with Gasteiger partial charge in [-0.25, -0.2) is 13.8 Å². The number of hydrogen-bond donors (Lipinski definition) is 0. The molecular formula is C19H17ClF2N4. The Labute approximate surface area is 154 Å². The summed E-state index contributed by atoms with van der Waals surface area (Å²) in [6.45, 7) is 4.43. The van der Waals surface area contributed by atoms with Crippen molar-refractivity contribution in [3.63, 3.8) is 0 Å². The fourth-order valence-corrected chi connectivity index (χ4v) is 3.52. The second-order valence-electron chi connectivity index (χ2n) is 6.16. The Kier molecular flexibility index (Phi) is 4.36. The predicted molar refractivity (Wildman–Crippen MR) is 98.6 cm³/mol. The topological polar surface area (TPSA) is 33.4 Å². The number of aromatic nitrogens is 2. The Morgan fingerprint density at radius 2 is 2.00 bits per heavy atom. The molecule has 0 bridgehead atoms. The molecule has 0 fully saturated rings. The summed E-state index contributed by atoms with van der Waals surface area (Å²) in [5.41, 5.74) is 2.01. The standard InChI is InChI=1S/C19H17ClF2N4/c1-2-26-17-9-12(20)3-6-16(17)24-18(26)11-25-8-7-23-19(25)14-10-13(21)4-5-15(14)22/h3-6,9-10H,2,7-8,11H2,1H3. The van der Waals surface area contributed by atoms with Crippen molar-refractivity contribution in [2.24, 2.45) is 4.99 Å². The Morgan fingerprint density at radius 1 is 1.15 bits per heavy atom. The molecule has 0 spiro atoms. The van der Waals surface area contributed by atoms with Gasteiger partial charge in [0.05, 0.1) is 29.7 Å². The summed E-state index contributed by atoms with van der Waals surface area (Å²) in [5.74, 6) is 0.352. The fraction of sp³-hybridized carbons (Fsp3) is 0.263. The zero-order valence-corrected chi connectivity index (χ0v) is 15.0. The van der Waals surface area contributed by atoms with Crippen LogP contribution in [0.1, 0.15) is 18.3 Å². The normalized spacial score (nSPS) is 14.3. The van der Waals surface area contributed by atoms with E-state index in [1.165, 1.54) is 6.07 Å². The molecule has 26 heavy (non-hydrogen) atoms. The highest BCUT2D eigenvalue weighted by Crippen LogP contribution is 2.23. The second-order valence-corrected chi connectivity index (χ2v) is 6.59. The number of hydrogen-bond acceptors (Lipinski definition) is 3. The molecule has 0 aliphatic carbocycles. The lowest BCUT2D eigenvalue weighted by Gasteiger charge is -2.21. The van der Waals surface area contributed by atoms with Crippen LogP contribution >= 0.6 is 11.6 Å². The van der Waals surface area contributed by atoms with Gasteiger partial charge >= 0.3 is 0 Å². The Bertz CT molecular complexity index is 1010. The number of rotatable bonds is 4. The number of aliphatic imine (C=N–C) groups is 1. The molecule has 1 aliphatic rings. The van der Waals surface area contributed by atoms with E-state index in [4.69, 9.17) is 16.6 Å². The number of benzene rings is 2. The van der Waals surface area contributed by atoms with E-state index in [9.17, 15) is 8.78 Å². The molecule has 0 N–H and O–H groups in total. The van der Waals surface area contributed by atoms with Gasteiger partial charge < -0.3 is 9.47 Å². The molecule has 0 saturated carbocycles. The van der Waals surface area contributed by atoms with Crippen molar-refractivity contribution in [1.82, 2.24) is 14.5 Å². The smallest absolute Gasteiger partial charge is 0.134 e. The quantitative estimate of drug-likeness (QED) is 0.684. The lowest BCUT2D eigenvalue weighted by molar-refractivity contribution is 0.427. The van der Waals surface area contributed by atoms with E-state index in [0.29, 0.717) is 30.5 Å². The van der Waals surface area contributed by atoms with E-state index in [1.54, 1.807) is 0 Å². The Morgan fingerprint density at radius 3 is 2.81 bits per heavy atom. The van der Waals surface area contributed by atoms with Gasteiger partial charge in [0.15, 0.2) is 0 Å². The molecule has 1 aliphatic heterocycles. The first-order valence-corrected chi connectivity index (χ1v) is 8.84. The molecule has 2 aromatic carbocycles. The van der Waals surface area contributed by atoms with Crippen LogP contribution in [-0.4, -0.2) is 33.4 Å². The van der Waals surface area contributed by atoms with Crippen molar-refractivity contribution in [2.75, 3.05) is 13.1 Å². The van der Waals surface area contributed by atoms with E-state index in [2.05, 4.69) is 9.56 Å². The van der Waals surface area contributed by atoms with Gasteiger partial charge in [-0.3, -0.25) is 4.99 Å². The molecule has 2 heterocycles. The van der Waals surface area contributed by atoms with Crippen molar-refractivity contribution in [3.8, 4) is 0 Å². The molecule has 0 saturated heterocycles. The van der Waals surface area contributed by atoms with E-state index in [-0.39, 0.29) is 5.56 Å².